The van der Waals surface area contributed by atoms with Crippen LogP contribution in [0.4, 0.5) is 0 Å². The van der Waals surface area contributed by atoms with Crippen molar-refractivity contribution in [1.82, 2.24) is 0 Å². The summed E-state index contributed by atoms with van der Waals surface area (Å²) in [6.07, 6.45) is 0. The highest BCUT2D eigenvalue weighted by molar-refractivity contribution is 9.10. The highest BCUT2D eigenvalue weighted by Crippen LogP contribution is 2.64. The lowest BCUT2D eigenvalue weighted by Gasteiger charge is -2.31. The van der Waals surface area contributed by atoms with Crippen molar-refractivity contribution < 1.29 is 9.47 Å². The normalized spacial score (nSPS) is 14.7. The van der Waals surface area contributed by atoms with E-state index >= 15 is 0 Å². The molecule has 0 amide bonds. The smallest absolute Gasteiger partial charge is 0.171 e. The first-order valence-corrected chi connectivity index (χ1v) is 12.2. The molecule has 5 aromatic rings. The zero-order valence-corrected chi connectivity index (χ0v) is 19.6. The zero-order chi connectivity index (χ0) is 22.4. The topological polar surface area (TPSA) is 18.5 Å². The Morgan fingerprint density at radius 3 is 1.59 bits per heavy atom. The molecule has 160 valence electrons. The maximum Gasteiger partial charge on any atom is 0.171 e. The second-order valence-corrected chi connectivity index (χ2v) is 9.94. The van der Waals surface area contributed by atoms with Crippen molar-refractivity contribution in [2.24, 2.45) is 0 Å². The molecule has 0 fully saturated rings. The van der Waals surface area contributed by atoms with Crippen LogP contribution in [0.5, 0.6) is 23.0 Å². The molecular formula is C31H17BrO2. The minimum Gasteiger partial charge on any atom is -0.449 e. The maximum atomic E-state index is 6.41. The van der Waals surface area contributed by atoms with E-state index in [9.17, 15) is 0 Å². The average Bonchev–Trinajstić information content (AvgIpc) is 3.33. The summed E-state index contributed by atoms with van der Waals surface area (Å²) >= 11 is 3.55. The second kappa shape index (κ2) is 6.40. The Bertz CT molecular complexity index is 1640. The molecule has 0 atom stereocenters. The molecule has 0 bridgehead atoms. The summed E-state index contributed by atoms with van der Waals surface area (Å²) in [4.78, 5) is 0. The monoisotopic (exact) mass is 500 g/mol. The first-order valence-electron chi connectivity index (χ1n) is 11.4. The van der Waals surface area contributed by atoms with E-state index in [-0.39, 0.29) is 5.41 Å². The van der Waals surface area contributed by atoms with Crippen LogP contribution in [-0.4, -0.2) is 0 Å². The Morgan fingerprint density at radius 2 is 0.941 bits per heavy atom. The molecule has 5 aromatic carbocycles. The van der Waals surface area contributed by atoms with Crippen molar-refractivity contribution in [3.05, 3.63) is 130 Å². The zero-order valence-electron chi connectivity index (χ0n) is 18.0. The summed E-state index contributed by atoms with van der Waals surface area (Å²) in [6, 6.07) is 36.6. The lowest BCUT2D eigenvalue weighted by molar-refractivity contribution is 0.359. The number of halogens is 1. The fraction of sp³-hybridized carbons (Fsp3) is 0.0323. The number of hydrogen-bond donors (Lipinski definition) is 0. The van der Waals surface area contributed by atoms with E-state index in [0.29, 0.717) is 0 Å². The van der Waals surface area contributed by atoms with Crippen LogP contribution >= 0.6 is 15.9 Å². The molecule has 1 spiro atoms. The van der Waals surface area contributed by atoms with Gasteiger partial charge in [-0.05, 0) is 74.8 Å². The van der Waals surface area contributed by atoms with Gasteiger partial charge in [-0.15, -0.1) is 0 Å². The number of benzene rings is 5. The van der Waals surface area contributed by atoms with Crippen LogP contribution < -0.4 is 9.47 Å². The summed E-state index contributed by atoms with van der Waals surface area (Å²) in [5.41, 5.74) is 9.85. The van der Waals surface area contributed by atoms with Gasteiger partial charge < -0.3 is 9.47 Å². The minimum absolute atomic E-state index is 0.380. The van der Waals surface area contributed by atoms with E-state index in [2.05, 4.69) is 101 Å². The van der Waals surface area contributed by atoms with Gasteiger partial charge in [0.15, 0.2) is 23.0 Å². The van der Waals surface area contributed by atoms with Gasteiger partial charge in [-0.3, -0.25) is 0 Å². The molecule has 2 aliphatic carbocycles. The Hall–Kier alpha value is -3.82. The lowest BCUT2D eigenvalue weighted by atomic mass is 9.70. The van der Waals surface area contributed by atoms with Crippen molar-refractivity contribution in [3.63, 3.8) is 0 Å². The number of hydrogen-bond acceptors (Lipinski definition) is 2. The van der Waals surface area contributed by atoms with E-state index in [1.165, 1.54) is 44.5 Å². The Balaban J connectivity index is 1.47. The SMILES string of the molecule is Brc1ccc2c(c1)Oc1cc3c(cc1O2)-c1ccccc1C31c2ccccc2-c2ccccc21. The molecule has 0 N–H and O–H groups in total. The van der Waals surface area contributed by atoms with Crippen LogP contribution in [0.2, 0.25) is 0 Å². The number of ether oxygens (including phenoxy) is 2. The van der Waals surface area contributed by atoms with Crippen LogP contribution in [0, 0.1) is 0 Å². The molecule has 0 radical (unpaired) electrons. The standard InChI is InChI=1S/C31H17BrO2/c32-18-13-14-27-28(15-18)34-30-17-26-22(16-29(30)33-27)21-9-3-6-12-25(21)31(26)23-10-4-1-7-19(23)20-8-2-5-11-24(20)31/h1-17H. The van der Waals surface area contributed by atoms with Crippen LogP contribution in [0.1, 0.15) is 22.3 Å². The van der Waals surface area contributed by atoms with Crippen LogP contribution in [-0.2, 0) is 5.41 Å². The highest BCUT2D eigenvalue weighted by atomic mass is 79.9. The van der Waals surface area contributed by atoms with Crippen molar-refractivity contribution in [3.8, 4) is 45.3 Å². The molecule has 34 heavy (non-hydrogen) atoms. The van der Waals surface area contributed by atoms with E-state index in [1.54, 1.807) is 0 Å². The van der Waals surface area contributed by atoms with Crippen molar-refractivity contribution >= 4 is 15.9 Å². The van der Waals surface area contributed by atoms with Gasteiger partial charge in [0.25, 0.3) is 0 Å². The van der Waals surface area contributed by atoms with Crippen LogP contribution in [0.15, 0.2) is 108 Å². The molecule has 0 saturated heterocycles. The quantitative estimate of drug-likeness (QED) is 0.207. The Kier molecular flexibility index (Phi) is 3.50. The van der Waals surface area contributed by atoms with Crippen molar-refractivity contribution in [2.75, 3.05) is 0 Å². The molecule has 1 heterocycles. The molecule has 3 aliphatic rings. The third kappa shape index (κ3) is 2.16. The summed E-state index contributed by atoms with van der Waals surface area (Å²) in [5, 5.41) is 0. The lowest BCUT2D eigenvalue weighted by Crippen LogP contribution is -2.25. The van der Waals surface area contributed by atoms with Gasteiger partial charge in [0.1, 0.15) is 0 Å². The van der Waals surface area contributed by atoms with Crippen LogP contribution in [0.25, 0.3) is 22.3 Å². The van der Waals surface area contributed by atoms with Gasteiger partial charge in [-0.2, -0.15) is 0 Å². The maximum absolute atomic E-state index is 6.41. The molecule has 0 saturated carbocycles. The number of rotatable bonds is 0. The summed E-state index contributed by atoms with van der Waals surface area (Å²) in [5.74, 6) is 2.95. The fourth-order valence-corrected chi connectivity index (χ4v) is 6.48. The molecule has 3 heteroatoms. The van der Waals surface area contributed by atoms with Gasteiger partial charge in [0.2, 0.25) is 0 Å². The van der Waals surface area contributed by atoms with Crippen molar-refractivity contribution in [2.45, 2.75) is 5.41 Å². The third-order valence-electron chi connectivity index (χ3n) is 7.41. The first kappa shape index (κ1) is 18.6. The van der Waals surface area contributed by atoms with Crippen LogP contribution in [0.3, 0.4) is 0 Å². The van der Waals surface area contributed by atoms with Gasteiger partial charge >= 0.3 is 0 Å². The van der Waals surface area contributed by atoms with Gasteiger partial charge in [0.05, 0.1) is 5.41 Å². The largest absolute Gasteiger partial charge is 0.449 e. The molecule has 8 rings (SSSR count). The van der Waals surface area contributed by atoms with Crippen molar-refractivity contribution in [1.29, 1.82) is 0 Å². The van der Waals surface area contributed by atoms with E-state index in [0.717, 1.165) is 27.5 Å². The summed E-state index contributed by atoms with van der Waals surface area (Å²) < 4.78 is 13.7. The van der Waals surface area contributed by atoms with E-state index in [4.69, 9.17) is 9.47 Å². The van der Waals surface area contributed by atoms with E-state index < -0.39 is 0 Å². The predicted octanol–water partition coefficient (Wildman–Crippen LogP) is 8.69. The second-order valence-electron chi connectivity index (χ2n) is 9.03. The number of fused-ring (bicyclic) bond motifs is 12. The molecule has 1 aliphatic heterocycles. The molecule has 0 aromatic heterocycles. The highest BCUT2D eigenvalue weighted by Gasteiger charge is 2.52. The average molecular weight is 501 g/mol. The molecule has 2 nitrogen and oxygen atoms in total. The summed E-state index contributed by atoms with van der Waals surface area (Å²) in [6.45, 7) is 0. The fourth-order valence-electron chi connectivity index (χ4n) is 6.14. The van der Waals surface area contributed by atoms with Gasteiger partial charge in [-0.1, -0.05) is 88.7 Å². The van der Waals surface area contributed by atoms with E-state index in [1.807, 2.05) is 18.2 Å². The Morgan fingerprint density at radius 1 is 0.441 bits per heavy atom. The van der Waals surface area contributed by atoms with Gasteiger partial charge in [-0.25, -0.2) is 0 Å². The minimum atomic E-state index is -0.380. The molecular weight excluding hydrogens is 484 g/mol. The first-order chi connectivity index (χ1) is 16.7. The third-order valence-corrected chi connectivity index (χ3v) is 7.90. The summed E-state index contributed by atoms with van der Waals surface area (Å²) in [7, 11) is 0. The van der Waals surface area contributed by atoms with Gasteiger partial charge in [0, 0.05) is 4.47 Å². The predicted molar refractivity (Wildman–Crippen MR) is 137 cm³/mol. The molecule has 0 unspecified atom stereocenters. The Labute approximate surface area is 205 Å².